The predicted molar refractivity (Wildman–Crippen MR) is 122 cm³/mol. The maximum absolute atomic E-state index is 12.0. The molecular formula is C23H20BrClN2O3. The molecule has 0 fully saturated rings. The number of carbonyl (C=O) groups is 1. The Balaban J connectivity index is 1.56. The Morgan fingerprint density at radius 1 is 1.03 bits per heavy atom. The molecule has 0 aromatic heterocycles. The molecule has 3 rings (SSSR count). The molecule has 0 aliphatic rings. The van der Waals surface area contributed by atoms with Gasteiger partial charge in [-0.3, -0.25) is 4.79 Å². The molecule has 154 valence electrons. The van der Waals surface area contributed by atoms with Gasteiger partial charge in [0.1, 0.15) is 6.61 Å². The van der Waals surface area contributed by atoms with Gasteiger partial charge in [-0.2, -0.15) is 5.10 Å². The second kappa shape index (κ2) is 10.8. The number of nitrogens with one attached hydrogen (secondary N) is 1. The molecule has 3 aromatic carbocycles. The summed E-state index contributed by atoms with van der Waals surface area (Å²) in [6.07, 6.45) is 1.78. The molecule has 5 nitrogen and oxygen atoms in total. The molecule has 0 heterocycles. The summed E-state index contributed by atoms with van der Waals surface area (Å²) in [5.74, 6) is 1.00. The van der Waals surface area contributed by atoms with Crippen LogP contribution in [-0.2, 0) is 17.8 Å². The Labute approximate surface area is 188 Å². The molecule has 0 aliphatic carbocycles. The third-order valence-electron chi connectivity index (χ3n) is 4.18. The second-order valence-electron chi connectivity index (χ2n) is 6.42. The number of hydrazone groups is 1. The van der Waals surface area contributed by atoms with Crippen molar-refractivity contribution in [3.05, 3.63) is 92.9 Å². The van der Waals surface area contributed by atoms with Crippen LogP contribution in [0.1, 0.15) is 16.7 Å². The van der Waals surface area contributed by atoms with Gasteiger partial charge in [-0.05, 0) is 59.2 Å². The molecule has 0 atom stereocenters. The molecule has 1 N–H and O–H groups in total. The van der Waals surface area contributed by atoms with Crippen LogP contribution in [0.25, 0.3) is 0 Å². The van der Waals surface area contributed by atoms with Crippen LogP contribution in [0.5, 0.6) is 11.5 Å². The highest BCUT2D eigenvalue weighted by Crippen LogP contribution is 2.28. The van der Waals surface area contributed by atoms with Crippen LogP contribution in [0.15, 0.2) is 76.3 Å². The third kappa shape index (κ3) is 6.61. The molecule has 0 saturated carbocycles. The molecule has 0 radical (unpaired) electrons. The van der Waals surface area contributed by atoms with E-state index in [2.05, 4.69) is 26.5 Å². The van der Waals surface area contributed by atoms with Crippen molar-refractivity contribution in [1.82, 2.24) is 5.43 Å². The number of halogens is 2. The van der Waals surface area contributed by atoms with Crippen molar-refractivity contribution in [2.45, 2.75) is 13.0 Å². The molecule has 3 aromatic rings. The third-order valence-corrected chi connectivity index (χ3v) is 4.96. The molecule has 0 spiro atoms. The average molecular weight is 488 g/mol. The number of carbonyl (C=O) groups excluding carboxylic acids is 1. The minimum Gasteiger partial charge on any atom is -0.493 e. The van der Waals surface area contributed by atoms with Crippen LogP contribution in [-0.4, -0.2) is 19.2 Å². The first kappa shape index (κ1) is 21.9. The Hall–Kier alpha value is -2.83. The number of methoxy groups -OCH3 is 1. The van der Waals surface area contributed by atoms with E-state index in [1.165, 1.54) is 0 Å². The highest BCUT2D eigenvalue weighted by Gasteiger charge is 2.06. The predicted octanol–water partition coefficient (Wildman–Crippen LogP) is 5.38. The minimum atomic E-state index is -0.213. The summed E-state index contributed by atoms with van der Waals surface area (Å²) in [6.45, 7) is 0.428. The highest BCUT2D eigenvalue weighted by atomic mass is 79.9. The van der Waals surface area contributed by atoms with Gasteiger partial charge < -0.3 is 9.47 Å². The van der Waals surface area contributed by atoms with Gasteiger partial charge >= 0.3 is 0 Å². The lowest BCUT2D eigenvalue weighted by Gasteiger charge is -2.11. The van der Waals surface area contributed by atoms with Gasteiger partial charge in [0.05, 0.1) is 19.7 Å². The Kier molecular flexibility index (Phi) is 7.88. The van der Waals surface area contributed by atoms with Crippen LogP contribution < -0.4 is 14.9 Å². The van der Waals surface area contributed by atoms with E-state index in [4.69, 9.17) is 21.1 Å². The van der Waals surface area contributed by atoms with Gasteiger partial charge in [-0.25, -0.2) is 5.43 Å². The van der Waals surface area contributed by atoms with Gasteiger partial charge in [0.25, 0.3) is 0 Å². The second-order valence-corrected chi connectivity index (χ2v) is 7.77. The van der Waals surface area contributed by atoms with Gasteiger partial charge in [0, 0.05) is 9.50 Å². The maximum Gasteiger partial charge on any atom is 0.244 e. The zero-order chi connectivity index (χ0) is 21.3. The summed E-state index contributed by atoms with van der Waals surface area (Å²) in [5.41, 5.74) is 5.20. The van der Waals surface area contributed by atoms with Crippen molar-refractivity contribution in [2.75, 3.05) is 7.11 Å². The van der Waals surface area contributed by atoms with Gasteiger partial charge in [0.2, 0.25) is 5.91 Å². The lowest BCUT2D eigenvalue weighted by molar-refractivity contribution is -0.120. The van der Waals surface area contributed by atoms with Crippen molar-refractivity contribution < 1.29 is 14.3 Å². The molecule has 1 amide bonds. The van der Waals surface area contributed by atoms with Crippen LogP contribution in [0, 0.1) is 0 Å². The summed E-state index contributed by atoms with van der Waals surface area (Å²) >= 11 is 9.26. The maximum atomic E-state index is 12.0. The number of nitrogens with zero attached hydrogens (tertiary/aromatic N) is 1. The number of amides is 1. The first-order chi connectivity index (χ1) is 14.5. The number of rotatable bonds is 8. The monoisotopic (exact) mass is 486 g/mol. The van der Waals surface area contributed by atoms with E-state index >= 15 is 0 Å². The minimum absolute atomic E-state index is 0.213. The van der Waals surface area contributed by atoms with E-state index in [1.807, 2.05) is 48.5 Å². The smallest absolute Gasteiger partial charge is 0.244 e. The normalized spacial score (nSPS) is 10.8. The zero-order valence-corrected chi connectivity index (χ0v) is 18.6. The van der Waals surface area contributed by atoms with Crippen LogP contribution in [0.2, 0.25) is 5.02 Å². The van der Waals surface area contributed by atoms with E-state index in [0.717, 1.165) is 21.2 Å². The van der Waals surface area contributed by atoms with E-state index in [-0.39, 0.29) is 12.3 Å². The van der Waals surface area contributed by atoms with Gasteiger partial charge in [-0.1, -0.05) is 51.8 Å². The van der Waals surface area contributed by atoms with Crippen molar-refractivity contribution in [1.29, 1.82) is 0 Å². The SMILES string of the molecule is COc1cc(/C=N\NC(=O)Cc2ccc(Cl)cc2)ccc1OCc1ccc(Br)cc1. The number of hydrogen-bond acceptors (Lipinski definition) is 4. The van der Waals surface area contributed by atoms with E-state index in [0.29, 0.717) is 23.1 Å². The number of ether oxygens (including phenoxy) is 2. The summed E-state index contributed by atoms with van der Waals surface area (Å²) in [7, 11) is 1.58. The van der Waals surface area contributed by atoms with Crippen molar-refractivity contribution in [3.8, 4) is 11.5 Å². The van der Waals surface area contributed by atoms with Crippen LogP contribution >= 0.6 is 27.5 Å². The highest BCUT2D eigenvalue weighted by molar-refractivity contribution is 9.10. The number of benzene rings is 3. The lowest BCUT2D eigenvalue weighted by Crippen LogP contribution is -2.19. The molecule has 0 aliphatic heterocycles. The Bertz CT molecular complexity index is 1020. The molecule has 0 saturated heterocycles. The van der Waals surface area contributed by atoms with Crippen LogP contribution in [0.4, 0.5) is 0 Å². The standard InChI is InChI=1S/C23H20BrClN2O3/c1-29-22-12-18(6-11-21(22)30-15-17-2-7-19(24)8-3-17)14-26-27-23(28)13-16-4-9-20(25)10-5-16/h2-12,14H,13,15H2,1H3,(H,27,28)/b26-14-. The van der Waals surface area contributed by atoms with Crippen LogP contribution in [0.3, 0.4) is 0 Å². The zero-order valence-electron chi connectivity index (χ0n) is 16.3. The van der Waals surface area contributed by atoms with Gasteiger partial charge in [-0.15, -0.1) is 0 Å². The van der Waals surface area contributed by atoms with Crippen molar-refractivity contribution in [2.24, 2.45) is 5.10 Å². The Morgan fingerprint density at radius 2 is 1.73 bits per heavy atom. The van der Waals surface area contributed by atoms with E-state index in [1.54, 1.807) is 31.5 Å². The molecule has 0 bridgehead atoms. The molecule has 7 heteroatoms. The molecular weight excluding hydrogens is 468 g/mol. The largest absolute Gasteiger partial charge is 0.493 e. The summed E-state index contributed by atoms with van der Waals surface area (Å²) in [5, 5.41) is 4.65. The quantitative estimate of drug-likeness (QED) is 0.343. The summed E-state index contributed by atoms with van der Waals surface area (Å²) in [6, 6.07) is 20.5. The summed E-state index contributed by atoms with van der Waals surface area (Å²) < 4.78 is 12.3. The fraction of sp³-hybridized carbons (Fsp3) is 0.130. The topological polar surface area (TPSA) is 59.9 Å². The average Bonchev–Trinajstić information content (AvgIpc) is 2.75. The molecule has 30 heavy (non-hydrogen) atoms. The van der Waals surface area contributed by atoms with Gasteiger partial charge in [0.15, 0.2) is 11.5 Å². The Morgan fingerprint density at radius 3 is 2.43 bits per heavy atom. The first-order valence-corrected chi connectivity index (χ1v) is 10.3. The fourth-order valence-corrected chi connectivity index (χ4v) is 3.02. The lowest BCUT2D eigenvalue weighted by atomic mass is 10.1. The summed E-state index contributed by atoms with van der Waals surface area (Å²) in [4.78, 5) is 12.0. The van der Waals surface area contributed by atoms with Crippen molar-refractivity contribution >= 4 is 39.7 Å². The van der Waals surface area contributed by atoms with E-state index in [9.17, 15) is 4.79 Å². The van der Waals surface area contributed by atoms with E-state index < -0.39 is 0 Å². The first-order valence-electron chi connectivity index (χ1n) is 9.15. The fourth-order valence-electron chi connectivity index (χ4n) is 2.63. The van der Waals surface area contributed by atoms with Crippen molar-refractivity contribution in [3.63, 3.8) is 0 Å². The number of hydrogen-bond donors (Lipinski definition) is 1. The molecule has 0 unspecified atom stereocenters.